The molecule has 0 unspecified atom stereocenters. The fraction of sp³-hybridized carbons (Fsp3) is 0.0769. The third-order valence-electron chi connectivity index (χ3n) is 2.43. The highest BCUT2D eigenvalue weighted by Gasteiger charge is 2.04. The second kappa shape index (κ2) is 4.03. The Kier molecular flexibility index (Phi) is 2.57. The molecule has 3 heteroatoms. The van der Waals surface area contributed by atoms with Gasteiger partial charge in [-0.25, -0.2) is 0 Å². The van der Waals surface area contributed by atoms with Crippen molar-refractivity contribution in [3.8, 4) is 17.2 Å². The number of hydrogen-bond acceptors (Lipinski definition) is 2. The van der Waals surface area contributed by atoms with Crippen molar-refractivity contribution in [3.63, 3.8) is 0 Å². The topological polar surface area (TPSA) is 45.8 Å². The Labute approximate surface area is 93.2 Å². The summed E-state index contributed by atoms with van der Waals surface area (Å²) in [6.07, 6.45) is 1.71. The number of benzene rings is 1. The van der Waals surface area contributed by atoms with E-state index in [9.17, 15) is 4.79 Å². The van der Waals surface area contributed by atoms with Crippen LogP contribution in [0.25, 0.3) is 11.1 Å². The van der Waals surface area contributed by atoms with Crippen molar-refractivity contribution in [2.75, 3.05) is 0 Å². The van der Waals surface area contributed by atoms with E-state index in [2.05, 4.69) is 6.07 Å². The van der Waals surface area contributed by atoms with Gasteiger partial charge < -0.3 is 4.57 Å². The molecule has 0 aliphatic rings. The van der Waals surface area contributed by atoms with Gasteiger partial charge in [0.25, 0.3) is 5.56 Å². The molecule has 1 aromatic carbocycles. The van der Waals surface area contributed by atoms with E-state index in [0.29, 0.717) is 11.1 Å². The van der Waals surface area contributed by atoms with Gasteiger partial charge in [-0.3, -0.25) is 4.79 Å². The normalized spacial score (nSPS) is 9.75. The van der Waals surface area contributed by atoms with Crippen molar-refractivity contribution in [2.24, 2.45) is 7.05 Å². The van der Waals surface area contributed by atoms with Gasteiger partial charge in [0.05, 0.1) is 11.6 Å². The van der Waals surface area contributed by atoms with E-state index in [4.69, 9.17) is 5.26 Å². The van der Waals surface area contributed by atoms with E-state index in [1.807, 2.05) is 12.1 Å². The summed E-state index contributed by atoms with van der Waals surface area (Å²) >= 11 is 0. The highest BCUT2D eigenvalue weighted by Crippen LogP contribution is 2.16. The molecule has 2 aromatic rings. The molecule has 0 atom stereocenters. The second-order valence-electron chi connectivity index (χ2n) is 3.53. The van der Waals surface area contributed by atoms with Crippen LogP contribution in [0.5, 0.6) is 0 Å². The van der Waals surface area contributed by atoms with Crippen LogP contribution in [-0.2, 0) is 7.05 Å². The highest BCUT2D eigenvalue weighted by molar-refractivity contribution is 5.64. The molecule has 1 heterocycles. The smallest absolute Gasteiger partial charge is 0.258 e. The van der Waals surface area contributed by atoms with E-state index >= 15 is 0 Å². The summed E-state index contributed by atoms with van der Waals surface area (Å²) in [5.74, 6) is 0. The number of aromatic nitrogens is 1. The van der Waals surface area contributed by atoms with Crippen molar-refractivity contribution in [3.05, 3.63) is 58.5 Å². The Balaban J connectivity index is 2.64. The van der Waals surface area contributed by atoms with E-state index in [0.717, 1.165) is 5.56 Å². The van der Waals surface area contributed by atoms with Gasteiger partial charge >= 0.3 is 0 Å². The van der Waals surface area contributed by atoms with Crippen molar-refractivity contribution in [2.45, 2.75) is 0 Å². The number of nitriles is 1. The lowest BCUT2D eigenvalue weighted by molar-refractivity contribution is 0.863. The Hall–Kier alpha value is -2.34. The maximum Gasteiger partial charge on any atom is 0.258 e. The summed E-state index contributed by atoms with van der Waals surface area (Å²) in [4.78, 5) is 11.8. The maximum absolute atomic E-state index is 11.8. The molecular weight excluding hydrogens is 200 g/mol. The molecule has 78 valence electrons. The fourth-order valence-corrected chi connectivity index (χ4v) is 1.57. The molecule has 3 nitrogen and oxygen atoms in total. The van der Waals surface area contributed by atoms with Gasteiger partial charge in [-0.2, -0.15) is 5.26 Å². The lowest BCUT2D eigenvalue weighted by Gasteiger charge is -2.03. The minimum absolute atomic E-state index is 0.0578. The number of rotatable bonds is 1. The van der Waals surface area contributed by atoms with Crippen LogP contribution in [0, 0.1) is 11.3 Å². The zero-order chi connectivity index (χ0) is 11.5. The Morgan fingerprint density at radius 2 is 2.06 bits per heavy atom. The van der Waals surface area contributed by atoms with Gasteiger partial charge in [-0.1, -0.05) is 12.1 Å². The van der Waals surface area contributed by atoms with Crippen molar-refractivity contribution in [1.82, 2.24) is 4.57 Å². The maximum atomic E-state index is 11.8. The summed E-state index contributed by atoms with van der Waals surface area (Å²) in [5.41, 5.74) is 1.89. The predicted molar refractivity (Wildman–Crippen MR) is 61.8 cm³/mol. The summed E-state index contributed by atoms with van der Waals surface area (Å²) in [5, 5.41) is 8.80. The molecule has 0 spiro atoms. The molecule has 1 aromatic heterocycles. The monoisotopic (exact) mass is 210 g/mol. The molecule has 0 aliphatic carbocycles. The van der Waals surface area contributed by atoms with Crippen LogP contribution in [0.4, 0.5) is 0 Å². The summed E-state index contributed by atoms with van der Waals surface area (Å²) in [6.45, 7) is 0. The standard InChI is InChI=1S/C13H10N2O/c1-15-7-3-6-12(13(15)16)11-5-2-4-10(8-11)9-14/h2-8H,1H3. The van der Waals surface area contributed by atoms with E-state index in [1.54, 1.807) is 37.5 Å². The molecule has 0 amide bonds. The lowest BCUT2D eigenvalue weighted by Crippen LogP contribution is -2.17. The molecule has 0 saturated heterocycles. The number of hydrogen-bond donors (Lipinski definition) is 0. The van der Waals surface area contributed by atoms with E-state index in [-0.39, 0.29) is 5.56 Å². The Bertz CT molecular complexity index is 620. The molecule has 0 bridgehead atoms. The second-order valence-corrected chi connectivity index (χ2v) is 3.53. The van der Waals surface area contributed by atoms with Crippen LogP contribution in [0.3, 0.4) is 0 Å². The van der Waals surface area contributed by atoms with Crippen LogP contribution >= 0.6 is 0 Å². The zero-order valence-electron chi connectivity index (χ0n) is 8.84. The molecule has 0 fully saturated rings. The molecule has 2 rings (SSSR count). The summed E-state index contributed by atoms with van der Waals surface area (Å²) < 4.78 is 1.52. The van der Waals surface area contributed by atoms with Gasteiger partial charge in [0.15, 0.2) is 0 Å². The molecule has 0 N–H and O–H groups in total. The van der Waals surface area contributed by atoms with Gasteiger partial charge in [0, 0.05) is 18.8 Å². The van der Waals surface area contributed by atoms with E-state index in [1.165, 1.54) is 4.57 Å². The van der Waals surface area contributed by atoms with Gasteiger partial charge in [-0.05, 0) is 29.8 Å². The van der Waals surface area contributed by atoms with Crippen LogP contribution in [0.2, 0.25) is 0 Å². The van der Waals surface area contributed by atoms with Crippen LogP contribution in [-0.4, -0.2) is 4.57 Å². The minimum Gasteiger partial charge on any atom is -0.318 e. The quantitative estimate of drug-likeness (QED) is 0.721. The number of nitrogens with zero attached hydrogens (tertiary/aromatic N) is 2. The number of aryl methyl sites for hydroxylation is 1. The van der Waals surface area contributed by atoms with Crippen molar-refractivity contribution < 1.29 is 0 Å². The predicted octanol–water partition coefficient (Wildman–Crippen LogP) is 1.92. The average Bonchev–Trinajstić information content (AvgIpc) is 2.33. The first-order valence-corrected chi connectivity index (χ1v) is 4.88. The molecule has 16 heavy (non-hydrogen) atoms. The van der Waals surface area contributed by atoms with E-state index < -0.39 is 0 Å². The third kappa shape index (κ3) is 1.73. The third-order valence-corrected chi connectivity index (χ3v) is 2.43. The summed E-state index contributed by atoms with van der Waals surface area (Å²) in [6, 6.07) is 12.7. The van der Waals surface area contributed by atoms with Crippen LogP contribution < -0.4 is 5.56 Å². The minimum atomic E-state index is -0.0578. The first-order chi connectivity index (χ1) is 7.72. The number of pyridine rings is 1. The SMILES string of the molecule is Cn1cccc(-c2cccc(C#N)c2)c1=O. The zero-order valence-corrected chi connectivity index (χ0v) is 8.84. The van der Waals surface area contributed by atoms with Crippen LogP contribution in [0.15, 0.2) is 47.4 Å². The average molecular weight is 210 g/mol. The lowest BCUT2D eigenvalue weighted by atomic mass is 10.1. The Morgan fingerprint density at radius 1 is 1.25 bits per heavy atom. The van der Waals surface area contributed by atoms with Gasteiger partial charge in [0.1, 0.15) is 0 Å². The first kappa shape index (κ1) is 10.2. The first-order valence-electron chi connectivity index (χ1n) is 4.88. The molecule has 0 radical (unpaired) electrons. The van der Waals surface area contributed by atoms with Gasteiger partial charge in [0.2, 0.25) is 0 Å². The summed E-state index contributed by atoms with van der Waals surface area (Å²) in [7, 11) is 1.71. The van der Waals surface area contributed by atoms with Crippen LogP contribution in [0.1, 0.15) is 5.56 Å². The van der Waals surface area contributed by atoms with Gasteiger partial charge in [-0.15, -0.1) is 0 Å². The largest absolute Gasteiger partial charge is 0.318 e. The van der Waals surface area contributed by atoms with Crippen molar-refractivity contribution in [1.29, 1.82) is 5.26 Å². The molecule has 0 saturated carbocycles. The molecule has 0 aliphatic heterocycles. The Morgan fingerprint density at radius 3 is 2.81 bits per heavy atom. The highest BCUT2D eigenvalue weighted by atomic mass is 16.1. The van der Waals surface area contributed by atoms with Crippen molar-refractivity contribution >= 4 is 0 Å². The fourth-order valence-electron chi connectivity index (χ4n) is 1.57. The molecular formula is C13H10N2O.